The SMILES string of the molecule is O=C1C2CC3CCCCC3N2C(=O)N1C(c1ccccc1)c1ccccn1. The van der Waals surface area contributed by atoms with Gasteiger partial charge in [-0.15, -0.1) is 0 Å². The zero-order chi connectivity index (χ0) is 18.4. The number of fused-ring (bicyclic) bond motifs is 3. The summed E-state index contributed by atoms with van der Waals surface area (Å²) in [5.74, 6) is 0.428. The number of hydrogen-bond donors (Lipinski definition) is 0. The summed E-state index contributed by atoms with van der Waals surface area (Å²) in [6.07, 6.45) is 7.06. The molecule has 0 spiro atoms. The van der Waals surface area contributed by atoms with E-state index < -0.39 is 6.04 Å². The van der Waals surface area contributed by atoms with E-state index in [1.807, 2.05) is 53.4 Å². The summed E-state index contributed by atoms with van der Waals surface area (Å²) in [4.78, 5) is 34.6. The topological polar surface area (TPSA) is 53.5 Å². The van der Waals surface area contributed by atoms with Crippen LogP contribution >= 0.6 is 0 Å². The van der Waals surface area contributed by atoms with Gasteiger partial charge >= 0.3 is 6.03 Å². The van der Waals surface area contributed by atoms with Crippen LogP contribution < -0.4 is 0 Å². The second kappa shape index (κ2) is 6.48. The smallest absolute Gasteiger partial charge is 0.309 e. The second-order valence-corrected chi connectivity index (χ2v) is 7.83. The van der Waals surface area contributed by atoms with Gasteiger partial charge in [0.05, 0.1) is 5.69 Å². The summed E-state index contributed by atoms with van der Waals surface area (Å²) in [6, 6.07) is 14.7. The highest BCUT2D eigenvalue weighted by Gasteiger charge is 2.57. The van der Waals surface area contributed by atoms with Crippen LogP contribution in [0.3, 0.4) is 0 Å². The molecule has 3 amide bonds. The molecule has 0 N–H and O–H groups in total. The molecule has 4 atom stereocenters. The molecule has 3 heterocycles. The van der Waals surface area contributed by atoms with E-state index in [2.05, 4.69) is 4.98 Å². The first-order valence-corrected chi connectivity index (χ1v) is 9.87. The van der Waals surface area contributed by atoms with Gasteiger partial charge in [-0.2, -0.15) is 0 Å². The molecule has 2 aromatic rings. The highest BCUT2D eigenvalue weighted by Crippen LogP contribution is 2.45. The Morgan fingerprint density at radius 2 is 1.74 bits per heavy atom. The van der Waals surface area contributed by atoms with Crippen LogP contribution in [-0.2, 0) is 4.79 Å². The summed E-state index contributed by atoms with van der Waals surface area (Å²) >= 11 is 0. The third-order valence-corrected chi connectivity index (χ3v) is 6.38. The van der Waals surface area contributed by atoms with E-state index in [4.69, 9.17) is 0 Å². The number of pyridine rings is 1. The average Bonchev–Trinajstić information content (AvgIpc) is 3.21. The Bertz CT molecular complexity index is 815. The minimum absolute atomic E-state index is 0.0612. The molecule has 1 aliphatic carbocycles. The molecule has 3 aliphatic rings. The molecule has 4 unspecified atom stereocenters. The van der Waals surface area contributed by atoms with Crippen molar-refractivity contribution in [3.05, 3.63) is 66.0 Å². The van der Waals surface area contributed by atoms with Crippen molar-refractivity contribution in [2.45, 2.75) is 50.2 Å². The fourth-order valence-corrected chi connectivity index (χ4v) is 5.20. The molecular weight excluding hydrogens is 338 g/mol. The van der Waals surface area contributed by atoms with Gasteiger partial charge in [-0.3, -0.25) is 9.78 Å². The number of benzene rings is 1. The Balaban J connectivity index is 1.55. The van der Waals surface area contributed by atoms with E-state index in [0.29, 0.717) is 5.92 Å². The number of imide groups is 1. The van der Waals surface area contributed by atoms with Crippen LogP contribution in [0.1, 0.15) is 49.4 Å². The summed E-state index contributed by atoms with van der Waals surface area (Å²) in [5, 5.41) is 0. The second-order valence-electron chi connectivity index (χ2n) is 7.83. The average molecular weight is 361 g/mol. The van der Waals surface area contributed by atoms with E-state index >= 15 is 0 Å². The largest absolute Gasteiger partial charge is 0.328 e. The predicted molar refractivity (Wildman–Crippen MR) is 101 cm³/mol. The number of hydrogen-bond acceptors (Lipinski definition) is 3. The van der Waals surface area contributed by atoms with Crippen molar-refractivity contribution in [2.75, 3.05) is 0 Å². The number of carbonyl (C=O) groups is 2. The molecule has 2 saturated heterocycles. The minimum Gasteiger partial charge on any atom is -0.309 e. The Kier molecular flexibility index (Phi) is 3.96. The molecule has 5 rings (SSSR count). The van der Waals surface area contributed by atoms with Gasteiger partial charge in [-0.25, -0.2) is 9.69 Å². The molecule has 27 heavy (non-hydrogen) atoms. The Morgan fingerprint density at radius 1 is 0.963 bits per heavy atom. The normalized spacial score (nSPS) is 28.2. The van der Waals surface area contributed by atoms with E-state index in [9.17, 15) is 9.59 Å². The van der Waals surface area contributed by atoms with Gasteiger partial charge in [-0.1, -0.05) is 49.2 Å². The molecule has 1 aromatic carbocycles. The molecular formula is C22H23N3O2. The molecule has 5 heteroatoms. The maximum absolute atomic E-state index is 13.4. The van der Waals surface area contributed by atoms with Gasteiger partial charge in [0.15, 0.2) is 0 Å². The van der Waals surface area contributed by atoms with Gasteiger partial charge in [0, 0.05) is 12.2 Å². The van der Waals surface area contributed by atoms with Gasteiger partial charge in [-0.05, 0) is 42.9 Å². The first-order valence-electron chi connectivity index (χ1n) is 9.87. The highest BCUT2D eigenvalue weighted by molar-refractivity contribution is 6.05. The molecule has 5 nitrogen and oxygen atoms in total. The number of aromatic nitrogens is 1. The monoisotopic (exact) mass is 361 g/mol. The van der Waals surface area contributed by atoms with Gasteiger partial charge in [0.2, 0.25) is 0 Å². The molecule has 0 bridgehead atoms. The number of rotatable bonds is 3. The third-order valence-electron chi connectivity index (χ3n) is 6.38. The van der Waals surface area contributed by atoms with Crippen LogP contribution in [0.5, 0.6) is 0 Å². The van der Waals surface area contributed by atoms with Crippen molar-refractivity contribution in [2.24, 2.45) is 5.92 Å². The third kappa shape index (κ3) is 2.56. The summed E-state index contributed by atoms with van der Waals surface area (Å²) in [5.41, 5.74) is 1.64. The van der Waals surface area contributed by atoms with Gasteiger partial charge < -0.3 is 4.90 Å². The summed E-state index contributed by atoms with van der Waals surface area (Å²) in [6.45, 7) is 0. The standard InChI is InChI=1S/C22H23N3O2/c26-21-19-14-16-10-4-5-12-18(16)24(19)22(27)25(21)20(15-8-2-1-3-9-15)17-11-6-7-13-23-17/h1-3,6-9,11,13,16,18-20H,4-5,10,12,14H2. The van der Waals surface area contributed by atoms with E-state index in [1.165, 1.54) is 11.3 Å². The lowest BCUT2D eigenvalue weighted by Crippen LogP contribution is -2.42. The maximum Gasteiger partial charge on any atom is 0.328 e. The van der Waals surface area contributed by atoms with Crippen molar-refractivity contribution in [3.63, 3.8) is 0 Å². The minimum atomic E-state index is -0.472. The maximum atomic E-state index is 13.4. The lowest BCUT2D eigenvalue weighted by atomic mass is 9.84. The van der Waals surface area contributed by atoms with Crippen LogP contribution in [0, 0.1) is 5.92 Å². The van der Waals surface area contributed by atoms with Crippen molar-refractivity contribution < 1.29 is 9.59 Å². The summed E-state index contributed by atoms with van der Waals surface area (Å²) < 4.78 is 0. The van der Waals surface area contributed by atoms with Crippen LogP contribution in [0.2, 0.25) is 0 Å². The zero-order valence-corrected chi connectivity index (χ0v) is 15.2. The Labute approximate surface area is 159 Å². The molecule has 1 aromatic heterocycles. The van der Waals surface area contributed by atoms with Crippen LogP contribution in [0.4, 0.5) is 4.79 Å². The molecule has 3 fully saturated rings. The van der Waals surface area contributed by atoms with Crippen molar-refractivity contribution in [1.29, 1.82) is 0 Å². The number of nitrogens with zero attached hydrogens (tertiary/aromatic N) is 3. The Hall–Kier alpha value is -2.69. The van der Waals surface area contributed by atoms with Crippen LogP contribution in [0.25, 0.3) is 0 Å². The molecule has 1 saturated carbocycles. The van der Waals surface area contributed by atoms with E-state index in [-0.39, 0.29) is 24.0 Å². The first kappa shape index (κ1) is 16.5. The van der Waals surface area contributed by atoms with E-state index in [0.717, 1.165) is 36.9 Å². The zero-order valence-electron chi connectivity index (χ0n) is 15.2. The fourth-order valence-electron chi connectivity index (χ4n) is 5.20. The quantitative estimate of drug-likeness (QED) is 0.782. The van der Waals surface area contributed by atoms with Gasteiger partial charge in [0.25, 0.3) is 5.91 Å². The molecule has 0 radical (unpaired) electrons. The predicted octanol–water partition coefficient (Wildman–Crippen LogP) is 3.77. The van der Waals surface area contributed by atoms with Crippen LogP contribution in [-0.4, -0.2) is 38.8 Å². The van der Waals surface area contributed by atoms with Crippen molar-refractivity contribution in [1.82, 2.24) is 14.8 Å². The van der Waals surface area contributed by atoms with Crippen molar-refractivity contribution >= 4 is 11.9 Å². The van der Waals surface area contributed by atoms with Crippen LogP contribution in [0.15, 0.2) is 54.7 Å². The highest BCUT2D eigenvalue weighted by atomic mass is 16.2. The molecule has 2 aliphatic heterocycles. The lowest BCUT2D eigenvalue weighted by molar-refractivity contribution is -0.129. The lowest BCUT2D eigenvalue weighted by Gasteiger charge is -2.32. The Morgan fingerprint density at radius 3 is 2.52 bits per heavy atom. The number of carbonyl (C=O) groups excluding carboxylic acids is 2. The summed E-state index contributed by atoms with van der Waals surface area (Å²) in [7, 11) is 0. The molecule has 138 valence electrons. The van der Waals surface area contributed by atoms with E-state index in [1.54, 1.807) is 6.20 Å². The number of amides is 3. The van der Waals surface area contributed by atoms with Gasteiger partial charge in [0.1, 0.15) is 12.1 Å². The van der Waals surface area contributed by atoms with Crippen molar-refractivity contribution in [3.8, 4) is 0 Å². The number of urea groups is 1. The fraction of sp³-hybridized carbons (Fsp3) is 0.409. The first-order chi connectivity index (χ1) is 13.3.